The summed E-state index contributed by atoms with van der Waals surface area (Å²) in [6.45, 7) is 0.997. The van der Waals surface area contributed by atoms with Crippen molar-refractivity contribution in [2.45, 2.75) is 18.8 Å². The van der Waals surface area contributed by atoms with Crippen LogP contribution in [0.5, 0.6) is 0 Å². The maximum atomic E-state index is 12.5. The third-order valence-corrected chi connectivity index (χ3v) is 4.62. The van der Waals surface area contributed by atoms with Crippen molar-refractivity contribution in [2.75, 3.05) is 20.1 Å². The number of amides is 2. The summed E-state index contributed by atoms with van der Waals surface area (Å²) in [5.74, 6) is -0.223. The summed E-state index contributed by atoms with van der Waals surface area (Å²) < 4.78 is 6.75. The van der Waals surface area contributed by atoms with E-state index >= 15 is 0 Å². The monoisotopic (exact) mass is 330 g/mol. The Labute approximate surface area is 140 Å². The summed E-state index contributed by atoms with van der Waals surface area (Å²) in [7, 11) is 3.48. The summed E-state index contributed by atoms with van der Waals surface area (Å²) in [6, 6.07) is 1.86. The molecule has 1 saturated heterocycles. The first kappa shape index (κ1) is 16.3. The first-order chi connectivity index (χ1) is 11.6. The van der Waals surface area contributed by atoms with E-state index in [1.807, 2.05) is 19.3 Å². The molecule has 1 aliphatic heterocycles. The fraction of sp³-hybridized carbons (Fsp3) is 0.471. The molecule has 0 bridgehead atoms. The zero-order chi connectivity index (χ0) is 17.1. The zero-order valence-electron chi connectivity index (χ0n) is 13.9. The van der Waals surface area contributed by atoms with Crippen LogP contribution in [0.1, 0.15) is 23.5 Å². The largest absolute Gasteiger partial charge is 0.472 e. The molecule has 0 spiro atoms. The van der Waals surface area contributed by atoms with Crippen LogP contribution in [0.15, 0.2) is 35.4 Å². The number of rotatable bonds is 5. The number of hydrogen-bond acceptors (Lipinski definition) is 4. The molecule has 1 fully saturated rings. The van der Waals surface area contributed by atoms with Gasteiger partial charge in [-0.25, -0.2) is 0 Å². The van der Waals surface area contributed by atoms with Gasteiger partial charge in [-0.3, -0.25) is 14.3 Å². The number of carbonyl (C=O) groups excluding carboxylic acids is 2. The number of furan rings is 1. The molecule has 1 aliphatic rings. The lowest BCUT2D eigenvalue weighted by molar-refractivity contribution is -0.130. The minimum Gasteiger partial charge on any atom is -0.472 e. The molecule has 24 heavy (non-hydrogen) atoms. The minimum absolute atomic E-state index is 0.0171. The number of nitrogens with zero attached hydrogens (tertiary/aromatic N) is 3. The van der Waals surface area contributed by atoms with Crippen molar-refractivity contribution in [3.05, 3.63) is 42.1 Å². The summed E-state index contributed by atoms with van der Waals surface area (Å²) in [6.07, 6.45) is 8.02. The molecule has 0 saturated carbocycles. The smallest absolute Gasteiger partial charge is 0.225 e. The average Bonchev–Trinajstić information content (AvgIpc) is 3.31. The molecular weight excluding hydrogens is 308 g/mol. The van der Waals surface area contributed by atoms with Crippen molar-refractivity contribution >= 4 is 11.8 Å². The number of aromatic nitrogens is 2. The molecule has 0 radical (unpaired) electrons. The second kappa shape index (κ2) is 6.90. The Morgan fingerprint density at radius 3 is 2.88 bits per heavy atom. The predicted octanol–water partition coefficient (Wildman–Crippen LogP) is 0.934. The Bertz CT molecular complexity index is 707. The lowest BCUT2D eigenvalue weighted by Gasteiger charge is -2.15. The van der Waals surface area contributed by atoms with Gasteiger partial charge < -0.3 is 14.6 Å². The SMILES string of the molecule is CNC(=O)[C@H]1CN(C(=O)CCc2ccoc2)C[C@@H]1c1cnn(C)c1. The third-order valence-electron chi connectivity index (χ3n) is 4.62. The molecule has 128 valence electrons. The van der Waals surface area contributed by atoms with Gasteiger partial charge in [0.05, 0.1) is 24.6 Å². The fourth-order valence-electron chi connectivity index (χ4n) is 3.27. The highest BCUT2D eigenvalue weighted by Crippen LogP contribution is 2.33. The van der Waals surface area contributed by atoms with Crippen molar-refractivity contribution in [2.24, 2.45) is 13.0 Å². The molecule has 2 aromatic heterocycles. The lowest BCUT2D eigenvalue weighted by atomic mass is 9.90. The Hall–Kier alpha value is -2.57. The van der Waals surface area contributed by atoms with E-state index in [0.717, 1.165) is 11.1 Å². The number of aryl methyl sites for hydroxylation is 2. The predicted molar refractivity (Wildman–Crippen MR) is 87.1 cm³/mol. The second-order valence-corrected chi connectivity index (χ2v) is 6.20. The second-order valence-electron chi connectivity index (χ2n) is 6.20. The average molecular weight is 330 g/mol. The van der Waals surface area contributed by atoms with Crippen LogP contribution in [0.2, 0.25) is 0 Å². The molecular formula is C17H22N4O3. The fourth-order valence-corrected chi connectivity index (χ4v) is 3.27. The number of carbonyl (C=O) groups is 2. The van der Waals surface area contributed by atoms with Gasteiger partial charge in [0, 0.05) is 45.7 Å². The summed E-state index contributed by atoms with van der Waals surface area (Å²) in [4.78, 5) is 26.5. The minimum atomic E-state index is -0.239. The van der Waals surface area contributed by atoms with Crippen LogP contribution in [0, 0.1) is 5.92 Å². The number of likely N-dealkylation sites (tertiary alicyclic amines) is 1. The molecule has 7 heteroatoms. The van der Waals surface area contributed by atoms with Gasteiger partial charge in [0.25, 0.3) is 0 Å². The quantitative estimate of drug-likeness (QED) is 0.884. The Balaban J connectivity index is 1.69. The number of hydrogen-bond donors (Lipinski definition) is 1. The highest BCUT2D eigenvalue weighted by atomic mass is 16.3. The standard InChI is InChI=1S/C17H22N4O3/c1-18-17(23)15-10-21(9-14(15)13-7-19-20(2)8-13)16(22)4-3-12-5-6-24-11-12/h5-8,11,14-15H,3-4,9-10H2,1-2H3,(H,18,23)/t14-,15+/m1/s1. The third kappa shape index (κ3) is 3.34. The van der Waals surface area contributed by atoms with Crippen molar-refractivity contribution in [3.63, 3.8) is 0 Å². The van der Waals surface area contributed by atoms with E-state index in [0.29, 0.717) is 25.9 Å². The molecule has 1 N–H and O–H groups in total. The molecule has 2 atom stereocenters. The first-order valence-corrected chi connectivity index (χ1v) is 8.07. The van der Waals surface area contributed by atoms with Gasteiger partial charge in [-0.15, -0.1) is 0 Å². The van der Waals surface area contributed by atoms with Gasteiger partial charge in [-0.1, -0.05) is 0 Å². The first-order valence-electron chi connectivity index (χ1n) is 8.07. The van der Waals surface area contributed by atoms with Crippen LogP contribution < -0.4 is 5.32 Å². The van der Waals surface area contributed by atoms with E-state index in [2.05, 4.69) is 10.4 Å². The van der Waals surface area contributed by atoms with Gasteiger partial charge in [0.15, 0.2) is 0 Å². The van der Waals surface area contributed by atoms with E-state index in [4.69, 9.17) is 4.42 Å². The highest BCUT2D eigenvalue weighted by molar-refractivity contribution is 5.83. The Morgan fingerprint density at radius 1 is 1.42 bits per heavy atom. The highest BCUT2D eigenvalue weighted by Gasteiger charge is 2.40. The Kier molecular flexibility index (Phi) is 4.69. The molecule has 0 aliphatic carbocycles. The van der Waals surface area contributed by atoms with Gasteiger partial charge in [0.2, 0.25) is 11.8 Å². The van der Waals surface area contributed by atoms with Gasteiger partial charge in [-0.05, 0) is 23.6 Å². The van der Waals surface area contributed by atoms with Crippen LogP contribution in [0.25, 0.3) is 0 Å². The molecule has 3 heterocycles. The number of nitrogens with one attached hydrogen (secondary N) is 1. The van der Waals surface area contributed by atoms with E-state index in [1.165, 1.54) is 0 Å². The maximum Gasteiger partial charge on any atom is 0.225 e. The summed E-state index contributed by atoms with van der Waals surface area (Å²) in [5, 5.41) is 6.90. The Morgan fingerprint density at radius 2 is 2.25 bits per heavy atom. The molecule has 3 rings (SSSR count). The van der Waals surface area contributed by atoms with E-state index in [9.17, 15) is 9.59 Å². The van der Waals surface area contributed by atoms with Crippen molar-refractivity contribution in [1.29, 1.82) is 0 Å². The van der Waals surface area contributed by atoms with Crippen molar-refractivity contribution < 1.29 is 14.0 Å². The van der Waals surface area contributed by atoms with Crippen LogP contribution in [0.4, 0.5) is 0 Å². The van der Waals surface area contributed by atoms with Gasteiger partial charge in [0.1, 0.15) is 0 Å². The van der Waals surface area contributed by atoms with Gasteiger partial charge in [-0.2, -0.15) is 5.10 Å². The molecule has 0 unspecified atom stereocenters. The van der Waals surface area contributed by atoms with Crippen LogP contribution in [-0.2, 0) is 23.1 Å². The van der Waals surface area contributed by atoms with E-state index < -0.39 is 0 Å². The maximum absolute atomic E-state index is 12.5. The zero-order valence-corrected chi connectivity index (χ0v) is 13.9. The normalized spacial score (nSPS) is 20.3. The van der Waals surface area contributed by atoms with Crippen LogP contribution in [-0.4, -0.2) is 46.6 Å². The lowest BCUT2D eigenvalue weighted by Crippen LogP contribution is -2.33. The summed E-state index contributed by atoms with van der Waals surface area (Å²) >= 11 is 0. The van der Waals surface area contributed by atoms with E-state index in [1.54, 1.807) is 35.4 Å². The molecule has 7 nitrogen and oxygen atoms in total. The topological polar surface area (TPSA) is 80.4 Å². The van der Waals surface area contributed by atoms with Crippen molar-refractivity contribution in [1.82, 2.24) is 20.0 Å². The van der Waals surface area contributed by atoms with Crippen molar-refractivity contribution in [3.8, 4) is 0 Å². The molecule has 2 amide bonds. The van der Waals surface area contributed by atoms with E-state index in [-0.39, 0.29) is 23.7 Å². The van der Waals surface area contributed by atoms with Crippen LogP contribution >= 0.6 is 0 Å². The molecule has 2 aromatic rings. The van der Waals surface area contributed by atoms with Crippen LogP contribution in [0.3, 0.4) is 0 Å². The van der Waals surface area contributed by atoms with Gasteiger partial charge >= 0.3 is 0 Å². The summed E-state index contributed by atoms with van der Waals surface area (Å²) in [5.41, 5.74) is 2.01. The molecule has 0 aromatic carbocycles.